The molecule has 1 aromatic carbocycles. The Bertz CT molecular complexity index is 700. The van der Waals surface area contributed by atoms with E-state index < -0.39 is 11.9 Å². The molecular weight excluding hydrogens is 330 g/mol. The monoisotopic (exact) mass is 353 g/mol. The van der Waals surface area contributed by atoms with Gasteiger partial charge in [0.2, 0.25) is 11.8 Å². The number of terminal acetylenes is 1. The normalized spacial score (nSPS) is 15.2. The van der Waals surface area contributed by atoms with Crippen molar-refractivity contribution in [2.24, 2.45) is 5.11 Å². The van der Waals surface area contributed by atoms with Gasteiger partial charge in [0.15, 0.2) is 0 Å². The highest BCUT2D eigenvalue weighted by atomic mass is 16.2. The number of hydrogen-bond acceptors (Lipinski definition) is 3. The van der Waals surface area contributed by atoms with E-state index in [2.05, 4.69) is 21.3 Å². The molecule has 2 rings (SSSR count). The fourth-order valence-electron chi connectivity index (χ4n) is 3.24. The molecule has 0 aromatic heterocycles. The van der Waals surface area contributed by atoms with Gasteiger partial charge in [-0.15, -0.1) is 6.42 Å². The first-order chi connectivity index (χ1) is 12.7. The SMILES string of the molecule is C#CCN(C(=O)CN=[N+]=[N-])C(C(=O)NC1CCCCC1)c1ccccc1. The molecule has 1 fully saturated rings. The van der Waals surface area contributed by atoms with Gasteiger partial charge in [-0.25, -0.2) is 0 Å². The van der Waals surface area contributed by atoms with Crippen LogP contribution in [0.2, 0.25) is 0 Å². The van der Waals surface area contributed by atoms with Crippen LogP contribution < -0.4 is 5.32 Å². The van der Waals surface area contributed by atoms with Crippen molar-refractivity contribution >= 4 is 11.8 Å². The topological polar surface area (TPSA) is 98.2 Å². The molecule has 0 heterocycles. The van der Waals surface area contributed by atoms with Gasteiger partial charge in [0.25, 0.3) is 0 Å². The fraction of sp³-hybridized carbons (Fsp3) is 0.474. The molecule has 0 bridgehead atoms. The second-order valence-corrected chi connectivity index (χ2v) is 6.27. The summed E-state index contributed by atoms with van der Waals surface area (Å²) < 4.78 is 0. The largest absolute Gasteiger partial charge is 0.351 e. The van der Waals surface area contributed by atoms with Gasteiger partial charge in [0.1, 0.15) is 12.6 Å². The van der Waals surface area contributed by atoms with E-state index in [9.17, 15) is 9.59 Å². The summed E-state index contributed by atoms with van der Waals surface area (Å²) in [5.41, 5.74) is 9.15. The molecule has 0 spiro atoms. The molecule has 2 amide bonds. The van der Waals surface area contributed by atoms with Crippen LogP contribution in [-0.4, -0.2) is 35.8 Å². The molecule has 1 unspecified atom stereocenters. The Hall–Kier alpha value is -2.97. The van der Waals surface area contributed by atoms with E-state index in [0.717, 1.165) is 25.7 Å². The lowest BCUT2D eigenvalue weighted by Crippen LogP contribution is -2.47. The lowest BCUT2D eigenvalue weighted by molar-refractivity contribution is -0.139. The van der Waals surface area contributed by atoms with Gasteiger partial charge in [-0.2, -0.15) is 0 Å². The number of benzene rings is 1. The fourth-order valence-corrected chi connectivity index (χ4v) is 3.24. The first-order valence-electron chi connectivity index (χ1n) is 8.76. The molecule has 1 aliphatic rings. The minimum atomic E-state index is -0.851. The van der Waals surface area contributed by atoms with E-state index in [1.54, 1.807) is 12.1 Å². The van der Waals surface area contributed by atoms with Crippen LogP contribution in [0.5, 0.6) is 0 Å². The molecule has 1 aromatic rings. The van der Waals surface area contributed by atoms with Gasteiger partial charge < -0.3 is 10.2 Å². The number of carbonyl (C=O) groups is 2. The summed E-state index contributed by atoms with van der Waals surface area (Å²) >= 11 is 0. The summed E-state index contributed by atoms with van der Waals surface area (Å²) in [5, 5.41) is 6.38. The predicted molar refractivity (Wildman–Crippen MR) is 98.8 cm³/mol. The molecule has 136 valence electrons. The van der Waals surface area contributed by atoms with Crippen molar-refractivity contribution in [1.82, 2.24) is 10.2 Å². The van der Waals surface area contributed by atoms with Crippen molar-refractivity contribution in [1.29, 1.82) is 0 Å². The molecule has 0 saturated heterocycles. The van der Waals surface area contributed by atoms with Crippen LogP contribution in [0.1, 0.15) is 43.7 Å². The van der Waals surface area contributed by atoms with Gasteiger partial charge in [-0.1, -0.05) is 60.6 Å². The lowest BCUT2D eigenvalue weighted by atomic mass is 9.94. The third kappa shape index (κ3) is 5.27. The van der Waals surface area contributed by atoms with E-state index >= 15 is 0 Å². The van der Waals surface area contributed by atoms with E-state index in [0.29, 0.717) is 5.56 Å². The van der Waals surface area contributed by atoms with E-state index in [4.69, 9.17) is 12.0 Å². The zero-order valence-electron chi connectivity index (χ0n) is 14.7. The molecule has 7 nitrogen and oxygen atoms in total. The van der Waals surface area contributed by atoms with Crippen molar-refractivity contribution < 1.29 is 9.59 Å². The van der Waals surface area contributed by atoms with Crippen molar-refractivity contribution in [2.45, 2.75) is 44.2 Å². The summed E-state index contributed by atoms with van der Waals surface area (Å²) in [4.78, 5) is 29.4. The second kappa shape index (κ2) is 10.1. The third-order valence-corrected chi connectivity index (χ3v) is 4.48. The number of rotatable bonds is 7. The van der Waals surface area contributed by atoms with Gasteiger partial charge in [0.05, 0.1) is 6.54 Å². The Morgan fingerprint density at radius 2 is 2.00 bits per heavy atom. The molecule has 7 heteroatoms. The number of hydrogen-bond donors (Lipinski definition) is 1. The molecule has 0 aliphatic heterocycles. The van der Waals surface area contributed by atoms with Gasteiger partial charge in [-0.3, -0.25) is 9.59 Å². The third-order valence-electron chi connectivity index (χ3n) is 4.48. The van der Waals surface area contributed by atoms with E-state index in [1.807, 2.05) is 18.2 Å². The summed E-state index contributed by atoms with van der Waals surface area (Å²) in [7, 11) is 0. The minimum absolute atomic E-state index is 0.0442. The standard InChI is InChI=1S/C19H23N5O2/c1-2-13-24(17(25)14-21-23-20)18(15-9-5-3-6-10-15)19(26)22-16-11-7-4-8-12-16/h1,3,5-6,9-10,16,18H,4,7-8,11-14H2,(H,22,26). The number of azide groups is 1. The molecule has 1 saturated carbocycles. The van der Waals surface area contributed by atoms with Crippen LogP contribution >= 0.6 is 0 Å². The molecule has 1 atom stereocenters. The van der Waals surface area contributed by atoms with Gasteiger partial charge in [0, 0.05) is 11.0 Å². The van der Waals surface area contributed by atoms with Crippen molar-refractivity contribution in [3.8, 4) is 12.3 Å². The van der Waals surface area contributed by atoms with Crippen LogP contribution in [0.4, 0.5) is 0 Å². The van der Waals surface area contributed by atoms with Gasteiger partial charge in [-0.05, 0) is 23.9 Å². The Balaban J connectivity index is 2.28. The first kappa shape index (κ1) is 19.4. The summed E-state index contributed by atoms with van der Waals surface area (Å²) in [6.45, 7) is -0.421. The second-order valence-electron chi connectivity index (χ2n) is 6.27. The Morgan fingerprint density at radius 3 is 2.62 bits per heavy atom. The summed E-state index contributed by atoms with van der Waals surface area (Å²) in [6.07, 6.45) is 10.7. The van der Waals surface area contributed by atoms with E-state index in [1.165, 1.54) is 11.3 Å². The highest BCUT2D eigenvalue weighted by molar-refractivity contribution is 5.89. The maximum atomic E-state index is 13.0. The van der Waals surface area contributed by atoms with Gasteiger partial charge >= 0.3 is 0 Å². The Morgan fingerprint density at radius 1 is 1.31 bits per heavy atom. The molecular formula is C19H23N5O2. The number of nitrogens with zero attached hydrogens (tertiary/aromatic N) is 4. The lowest BCUT2D eigenvalue weighted by Gasteiger charge is -2.32. The Kier molecular flexibility index (Phi) is 7.53. The number of amides is 2. The first-order valence-corrected chi connectivity index (χ1v) is 8.76. The highest BCUT2D eigenvalue weighted by Gasteiger charge is 2.31. The number of nitrogens with one attached hydrogen (secondary N) is 1. The maximum absolute atomic E-state index is 13.0. The van der Waals surface area contributed by atoms with E-state index in [-0.39, 0.29) is 25.0 Å². The molecule has 0 radical (unpaired) electrons. The maximum Gasteiger partial charge on any atom is 0.247 e. The van der Waals surface area contributed by atoms with Crippen molar-refractivity contribution in [3.05, 3.63) is 46.3 Å². The Labute approximate surface area is 153 Å². The zero-order chi connectivity index (χ0) is 18.8. The zero-order valence-corrected chi connectivity index (χ0v) is 14.7. The summed E-state index contributed by atoms with van der Waals surface area (Å²) in [6, 6.07) is 8.29. The average Bonchev–Trinajstić information content (AvgIpc) is 2.67. The molecule has 26 heavy (non-hydrogen) atoms. The van der Waals surface area contributed by atoms with Crippen LogP contribution in [0.25, 0.3) is 10.4 Å². The number of carbonyl (C=O) groups excluding carboxylic acids is 2. The minimum Gasteiger partial charge on any atom is -0.351 e. The van der Waals surface area contributed by atoms with Crippen LogP contribution in [-0.2, 0) is 9.59 Å². The smallest absolute Gasteiger partial charge is 0.247 e. The van der Waals surface area contributed by atoms with Crippen molar-refractivity contribution in [3.63, 3.8) is 0 Å². The van der Waals surface area contributed by atoms with Crippen LogP contribution in [0.15, 0.2) is 35.4 Å². The van der Waals surface area contributed by atoms with Crippen LogP contribution in [0, 0.1) is 12.3 Å². The molecule has 1 aliphatic carbocycles. The molecule has 1 N–H and O–H groups in total. The quantitative estimate of drug-likeness (QED) is 0.353. The predicted octanol–water partition coefficient (Wildman–Crippen LogP) is 2.95. The van der Waals surface area contributed by atoms with Crippen LogP contribution in [0.3, 0.4) is 0 Å². The summed E-state index contributed by atoms with van der Waals surface area (Å²) in [5.74, 6) is 1.69. The average molecular weight is 353 g/mol. The van der Waals surface area contributed by atoms with Crippen molar-refractivity contribution in [2.75, 3.05) is 13.1 Å². The highest BCUT2D eigenvalue weighted by Crippen LogP contribution is 2.24.